The van der Waals surface area contributed by atoms with E-state index in [1.807, 2.05) is 47.2 Å². The molecule has 0 fully saturated rings. The summed E-state index contributed by atoms with van der Waals surface area (Å²) in [7, 11) is 0. The molecule has 128 valence electrons. The van der Waals surface area contributed by atoms with Crippen LogP contribution in [0, 0.1) is 17.0 Å². The summed E-state index contributed by atoms with van der Waals surface area (Å²) in [5.41, 5.74) is 2.49. The minimum absolute atomic E-state index is 0.00934. The zero-order valence-corrected chi connectivity index (χ0v) is 14.4. The van der Waals surface area contributed by atoms with E-state index in [1.54, 1.807) is 12.1 Å². The molecule has 0 saturated heterocycles. The second kappa shape index (κ2) is 7.42. The summed E-state index contributed by atoms with van der Waals surface area (Å²) >= 11 is 1.51. The molecule has 0 amide bonds. The number of aryl methyl sites for hydroxylation is 1. The van der Waals surface area contributed by atoms with Gasteiger partial charge in [-0.3, -0.25) is 10.1 Å². The Balaban J connectivity index is 1.86. The minimum atomic E-state index is -0.774. The van der Waals surface area contributed by atoms with Crippen molar-refractivity contribution in [3.05, 3.63) is 86.2 Å². The molecule has 0 unspecified atom stereocenters. The molecule has 25 heavy (non-hydrogen) atoms. The molecule has 0 aliphatic rings. The van der Waals surface area contributed by atoms with Crippen LogP contribution in [0.5, 0.6) is 0 Å². The molecule has 6 nitrogen and oxygen atoms in total. The van der Waals surface area contributed by atoms with Gasteiger partial charge in [0.05, 0.1) is 23.3 Å². The van der Waals surface area contributed by atoms with Gasteiger partial charge in [-0.1, -0.05) is 18.2 Å². The van der Waals surface area contributed by atoms with E-state index in [0.29, 0.717) is 12.1 Å². The fraction of sp³-hybridized carbons (Fsp3) is 0.167. The van der Waals surface area contributed by atoms with Crippen molar-refractivity contribution in [3.63, 3.8) is 0 Å². The highest BCUT2D eigenvalue weighted by Gasteiger charge is 2.13. The molecule has 2 aromatic carbocycles. The van der Waals surface area contributed by atoms with Crippen LogP contribution in [0.2, 0.25) is 0 Å². The second-order valence-corrected chi connectivity index (χ2v) is 6.42. The lowest BCUT2D eigenvalue weighted by Crippen LogP contribution is -2.20. The van der Waals surface area contributed by atoms with Gasteiger partial charge in [-0.15, -0.1) is 11.3 Å². The fourth-order valence-corrected chi connectivity index (χ4v) is 3.34. The van der Waals surface area contributed by atoms with Gasteiger partial charge in [0.25, 0.3) is 5.69 Å². The maximum absolute atomic E-state index is 10.7. The lowest BCUT2D eigenvalue weighted by atomic mass is 10.1. The van der Waals surface area contributed by atoms with Crippen LogP contribution in [0.4, 0.5) is 11.4 Å². The lowest BCUT2D eigenvalue weighted by molar-refractivity contribution is -0.384. The third-order valence-electron chi connectivity index (χ3n) is 3.82. The van der Waals surface area contributed by atoms with Gasteiger partial charge < -0.3 is 9.67 Å². The quantitative estimate of drug-likeness (QED) is 0.559. The average Bonchev–Trinajstić information content (AvgIpc) is 2.96. The SMILES string of the molecule is Cc1csc(=Nc2ccccc2)n1C[C@H](O)c1ccc([N+](=O)[O-])cc1. The van der Waals surface area contributed by atoms with Crippen molar-refractivity contribution < 1.29 is 10.0 Å². The molecular weight excluding hydrogens is 338 g/mol. The van der Waals surface area contributed by atoms with Crippen LogP contribution in [0.1, 0.15) is 17.4 Å². The summed E-state index contributed by atoms with van der Waals surface area (Å²) in [6.07, 6.45) is -0.774. The molecule has 7 heteroatoms. The summed E-state index contributed by atoms with van der Waals surface area (Å²) in [4.78, 5) is 15.7. The molecule has 0 radical (unpaired) electrons. The van der Waals surface area contributed by atoms with Crippen molar-refractivity contribution in [3.8, 4) is 0 Å². The van der Waals surface area contributed by atoms with Crippen molar-refractivity contribution >= 4 is 22.7 Å². The van der Waals surface area contributed by atoms with Gasteiger partial charge in [0.2, 0.25) is 0 Å². The van der Waals surface area contributed by atoms with E-state index in [2.05, 4.69) is 4.99 Å². The average molecular weight is 355 g/mol. The molecule has 3 aromatic rings. The molecule has 3 rings (SSSR count). The molecule has 0 spiro atoms. The molecular formula is C18H17N3O3S. The zero-order valence-electron chi connectivity index (χ0n) is 13.6. The second-order valence-electron chi connectivity index (χ2n) is 5.58. The highest BCUT2D eigenvalue weighted by atomic mass is 32.1. The predicted octanol–water partition coefficient (Wildman–Crippen LogP) is 3.73. The van der Waals surface area contributed by atoms with Crippen LogP contribution in [0.15, 0.2) is 65.0 Å². The van der Waals surface area contributed by atoms with Gasteiger partial charge in [-0.05, 0) is 36.8 Å². The highest BCUT2D eigenvalue weighted by Crippen LogP contribution is 2.20. The van der Waals surface area contributed by atoms with E-state index in [9.17, 15) is 15.2 Å². The number of aromatic nitrogens is 1. The van der Waals surface area contributed by atoms with Crippen molar-refractivity contribution in [2.75, 3.05) is 0 Å². The predicted molar refractivity (Wildman–Crippen MR) is 96.8 cm³/mol. The molecule has 0 saturated carbocycles. The first-order valence-electron chi connectivity index (χ1n) is 7.72. The van der Waals surface area contributed by atoms with Crippen molar-refractivity contribution in [2.24, 2.45) is 4.99 Å². The van der Waals surface area contributed by atoms with Crippen molar-refractivity contribution in [2.45, 2.75) is 19.6 Å². The number of rotatable bonds is 5. The summed E-state index contributed by atoms with van der Waals surface area (Å²) in [6.45, 7) is 2.29. The Morgan fingerprint density at radius 2 is 1.88 bits per heavy atom. The Labute approximate surface area is 148 Å². The normalized spacial score (nSPS) is 13.0. The number of thiazole rings is 1. The summed E-state index contributed by atoms with van der Waals surface area (Å²) in [5.74, 6) is 0. The van der Waals surface area contributed by atoms with Gasteiger partial charge in [0.15, 0.2) is 4.80 Å². The number of hydrogen-bond acceptors (Lipinski definition) is 5. The smallest absolute Gasteiger partial charge is 0.269 e. The number of benzene rings is 2. The maximum atomic E-state index is 10.7. The zero-order chi connectivity index (χ0) is 17.8. The Morgan fingerprint density at radius 1 is 1.20 bits per heavy atom. The highest BCUT2D eigenvalue weighted by molar-refractivity contribution is 7.07. The Hall–Kier alpha value is -2.77. The monoisotopic (exact) mass is 355 g/mol. The minimum Gasteiger partial charge on any atom is -0.387 e. The van der Waals surface area contributed by atoms with Crippen LogP contribution in [-0.2, 0) is 6.54 Å². The number of aliphatic hydroxyl groups excluding tert-OH is 1. The number of nitrogens with zero attached hydrogens (tertiary/aromatic N) is 3. The van der Waals surface area contributed by atoms with E-state index < -0.39 is 11.0 Å². The van der Waals surface area contributed by atoms with E-state index >= 15 is 0 Å². The summed E-state index contributed by atoms with van der Waals surface area (Å²) in [6, 6.07) is 15.6. The topological polar surface area (TPSA) is 80.7 Å². The number of nitro benzene ring substituents is 1. The Bertz CT molecular complexity index is 930. The van der Waals surface area contributed by atoms with E-state index in [0.717, 1.165) is 16.2 Å². The number of nitro groups is 1. The van der Waals surface area contributed by atoms with Crippen LogP contribution in [-0.4, -0.2) is 14.6 Å². The third kappa shape index (κ3) is 4.01. The van der Waals surface area contributed by atoms with Crippen LogP contribution in [0.3, 0.4) is 0 Å². The first kappa shape index (κ1) is 17.1. The van der Waals surface area contributed by atoms with Crippen molar-refractivity contribution in [1.29, 1.82) is 0 Å². The molecule has 1 N–H and O–H groups in total. The van der Waals surface area contributed by atoms with Crippen LogP contribution >= 0.6 is 11.3 Å². The van der Waals surface area contributed by atoms with Gasteiger partial charge in [0, 0.05) is 23.2 Å². The standard InChI is InChI=1S/C18H17N3O3S/c1-13-12-25-18(19-15-5-3-2-4-6-15)20(13)11-17(22)14-7-9-16(10-8-14)21(23)24/h2-10,12,17,22H,11H2,1H3/t17-/m0/s1. The molecule has 1 atom stereocenters. The summed E-state index contributed by atoms with van der Waals surface area (Å²) < 4.78 is 1.95. The third-order valence-corrected chi connectivity index (χ3v) is 4.80. The van der Waals surface area contributed by atoms with Crippen LogP contribution in [0.25, 0.3) is 0 Å². The number of hydrogen-bond donors (Lipinski definition) is 1. The molecule has 0 aliphatic heterocycles. The van der Waals surface area contributed by atoms with Gasteiger partial charge in [0.1, 0.15) is 0 Å². The first-order chi connectivity index (χ1) is 12.0. The summed E-state index contributed by atoms with van der Waals surface area (Å²) in [5, 5.41) is 23.2. The Morgan fingerprint density at radius 3 is 2.52 bits per heavy atom. The molecule has 1 aromatic heterocycles. The maximum Gasteiger partial charge on any atom is 0.269 e. The molecule has 0 bridgehead atoms. The lowest BCUT2D eigenvalue weighted by Gasteiger charge is -2.13. The van der Waals surface area contributed by atoms with Gasteiger partial charge >= 0.3 is 0 Å². The largest absolute Gasteiger partial charge is 0.387 e. The number of aliphatic hydroxyl groups is 1. The molecule has 0 aliphatic carbocycles. The van der Waals surface area contributed by atoms with E-state index in [1.165, 1.54) is 23.5 Å². The number of non-ortho nitro benzene ring substituents is 1. The first-order valence-corrected chi connectivity index (χ1v) is 8.59. The van der Waals surface area contributed by atoms with Crippen molar-refractivity contribution in [1.82, 2.24) is 4.57 Å². The fourth-order valence-electron chi connectivity index (χ4n) is 2.43. The van der Waals surface area contributed by atoms with Gasteiger partial charge in [-0.25, -0.2) is 4.99 Å². The number of para-hydroxylation sites is 1. The molecule has 1 heterocycles. The Kier molecular flexibility index (Phi) is 5.06. The van der Waals surface area contributed by atoms with E-state index in [4.69, 9.17) is 0 Å². The van der Waals surface area contributed by atoms with Crippen LogP contribution < -0.4 is 4.80 Å². The van der Waals surface area contributed by atoms with E-state index in [-0.39, 0.29) is 5.69 Å². The van der Waals surface area contributed by atoms with Gasteiger partial charge in [-0.2, -0.15) is 0 Å².